The van der Waals surface area contributed by atoms with Crippen LogP contribution in [-0.2, 0) is 10.2 Å². The zero-order valence-electron chi connectivity index (χ0n) is 15.2. The first-order valence-electron chi connectivity index (χ1n) is 8.61. The Morgan fingerprint density at radius 1 is 1.22 bits per heavy atom. The van der Waals surface area contributed by atoms with E-state index in [4.69, 9.17) is 5.11 Å². The normalized spacial score (nSPS) is 18.6. The molecule has 2 aromatic rings. The van der Waals surface area contributed by atoms with Gasteiger partial charge in [0.05, 0.1) is 5.56 Å². The summed E-state index contributed by atoms with van der Waals surface area (Å²) in [5.74, 6) is -0.996. The Kier molecular flexibility index (Phi) is 5.54. The minimum Gasteiger partial charge on any atom is -0.478 e. The molecule has 1 saturated heterocycles. The van der Waals surface area contributed by atoms with Gasteiger partial charge in [-0.3, -0.25) is 9.97 Å². The summed E-state index contributed by atoms with van der Waals surface area (Å²) >= 11 is 0. The molecule has 1 aliphatic heterocycles. The van der Waals surface area contributed by atoms with Crippen LogP contribution in [0, 0.1) is 0 Å². The number of piperidine rings is 1. The fraction of sp³-hybridized carbons (Fsp3) is 0.389. The fourth-order valence-corrected chi connectivity index (χ4v) is 4.35. The molecule has 1 fully saturated rings. The highest BCUT2D eigenvalue weighted by Gasteiger charge is 2.31. The molecule has 0 amide bonds. The molecule has 0 bridgehead atoms. The standard InChI is InChI=1S/C18H22N4O4S/c1-21(2)27(25,26)22-7-3-4-14(12-22)17-6-5-13(11-20-17)15-8-16(18(23)24)10-19-9-15/h5-6,8-11,14H,3-4,7,12H2,1-2H3,(H,23,24)/t14-/m1/s1. The number of aromatic carboxylic acids is 1. The lowest BCUT2D eigenvalue weighted by atomic mass is 9.95. The number of hydrogen-bond acceptors (Lipinski definition) is 5. The smallest absolute Gasteiger partial charge is 0.337 e. The van der Waals surface area contributed by atoms with Crippen LogP contribution in [0.5, 0.6) is 0 Å². The summed E-state index contributed by atoms with van der Waals surface area (Å²) in [7, 11) is -0.364. The monoisotopic (exact) mass is 390 g/mol. The third-order valence-electron chi connectivity index (χ3n) is 4.70. The Bertz CT molecular complexity index is 929. The summed E-state index contributed by atoms with van der Waals surface area (Å²) in [6, 6.07) is 5.29. The number of carboxylic acid groups (broad SMARTS) is 1. The Morgan fingerprint density at radius 3 is 2.63 bits per heavy atom. The summed E-state index contributed by atoms with van der Waals surface area (Å²) < 4.78 is 27.5. The highest BCUT2D eigenvalue weighted by Crippen LogP contribution is 2.29. The average Bonchev–Trinajstić information content (AvgIpc) is 2.68. The van der Waals surface area contributed by atoms with Crippen LogP contribution in [-0.4, -0.2) is 65.3 Å². The lowest BCUT2D eigenvalue weighted by Crippen LogP contribution is -2.45. The van der Waals surface area contributed by atoms with Crippen molar-refractivity contribution in [2.75, 3.05) is 27.2 Å². The van der Waals surface area contributed by atoms with Crippen LogP contribution in [0.25, 0.3) is 11.1 Å². The Balaban J connectivity index is 1.79. The molecule has 2 aromatic heterocycles. The maximum atomic E-state index is 12.4. The molecule has 3 heterocycles. The van der Waals surface area contributed by atoms with Gasteiger partial charge in [0, 0.05) is 68.5 Å². The molecule has 0 unspecified atom stereocenters. The van der Waals surface area contributed by atoms with Gasteiger partial charge in [0.1, 0.15) is 0 Å². The molecule has 0 aliphatic carbocycles. The molecular weight excluding hydrogens is 368 g/mol. The van der Waals surface area contributed by atoms with E-state index in [0.717, 1.165) is 24.1 Å². The van der Waals surface area contributed by atoms with E-state index in [1.165, 1.54) is 28.9 Å². The molecule has 1 N–H and O–H groups in total. The van der Waals surface area contributed by atoms with Gasteiger partial charge >= 0.3 is 5.97 Å². The fourth-order valence-electron chi connectivity index (χ4n) is 3.16. The van der Waals surface area contributed by atoms with Crippen LogP contribution >= 0.6 is 0 Å². The first-order valence-corrected chi connectivity index (χ1v) is 10.0. The third-order valence-corrected chi connectivity index (χ3v) is 6.60. The largest absolute Gasteiger partial charge is 0.478 e. The van der Waals surface area contributed by atoms with Crippen molar-refractivity contribution < 1.29 is 18.3 Å². The molecule has 9 heteroatoms. The Hall–Kier alpha value is -2.36. The van der Waals surface area contributed by atoms with E-state index in [2.05, 4.69) is 9.97 Å². The lowest BCUT2D eigenvalue weighted by molar-refractivity contribution is 0.0696. The highest BCUT2D eigenvalue weighted by molar-refractivity contribution is 7.86. The molecule has 0 radical (unpaired) electrons. The third kappa shape index (κ3) is 4.15. The van der Waals surface area contributed by atoms with Crippen molar-refractivity contribution in [1.82, 2.24) is 18.6 Å². The minimum atomic E-state index is -3.43. The second-order valence-corrected chi connectivity index (χ2v) is 8.87. The molecule has 0 saturated carbocycles. The summed E-state index contributed by atoms with van der Waals surface area (Å²) in [4.78, 5) is 19.6. The number of hydrogen-bond donors (Lipinski definition) is 1. The maximum absolute atomic E-state index is 12.4. The molecule has 1 aliphatic rings. The second kappa shape index (κ2) is 7.71. The van der Waals surface area contributed by atoms with E-state index in [0.29, 0.717) is 18.7 Å². The van der Waals surface area contributed by atoms with Crippen LogP contribution in [0.15, 0.2) is 36.8 Å². The van der Waals surface area contributed by atoms with Crippen molar-refractivity contribution in [2.24, 2.45) is 0 Å². The van der Waals surface area contributed by atoms with Gasteiger partial charge < -0.3 is 5.11 Å². The molecule has 1 atom stereocenters. The van der Waals surface area contributed by atoms with E-state index in [1.54, 1.807) is 18.5 Å². The van der Waals surface area contributed by atoms with Crippen LogP contribution in [0.1, 0.15) is 34.8 Å². The summed E-state index contributed by atoms with van der Waals surface area (Å²) in [5.41, 5.74) is 2.39. The predicted octanol–water partition coefficient (Wildman–Crippen LogP) is 1.83. The van der Waals surface area contributed by atoms with Gasteiger partial charge in [-0.25, -0.2) is 4.79 Å². The zero-order valence-corrected chi connectivity index (χ0v) is 16.1. The number of carbonyl (C=O) groups is 1. The average molecular weight is 390 g/mol. The number of pyridine rings is 2. The molecule has 0 spiro atoms. The summed E-state index contributed by atoms with van der Waals surface area (Å²) in [5, 5.41) is 9.09. The highest BCUT2D eigenvalue weighted by atomic mass is 32.2. The lowest BCUT2D eigenvalue weighted by Gasteiger charge is -2.33. The van der Waals surface area contributed by atoms with E-state index in [1.807, 2.05) is 12.1 Å². The Labute approximate surface area is 158 Å². The topological polar surface area (TPSA) is 104 Å². The van der Waals surface area contributed by atoms with Crippen LogP contribution in [0.4, 0.5) is 0 Å². The molecular formula is C18H22N4O4S. The van der Waals surface area contributed by atoms with Gasteiger partial charge in [-0.2, -0.15) is 17.0 Å². The number of rotatable bonds is 5. The van der Waals surface area contributed by atoms with Crippen molar-refractivity contribution in [3.8, 4) is 11.1 Å². The molecule has 144 valence electrons. The summed E-state index contributed by atoms with van der Waals surface area (Å²) in [6.45, 7) is 0.922. The molecule has 0 aromatic carbocycles. The van der Waals surface area contributed by atoms with E-state index < -0.39 is 16.2 Å². The van der Waals surface area contributed by atoms with Crippen LogP contribution in [0.3, 0.4) is 0 Å². The van der Waals surface area contributed by atoms with E-state index in [9.17, 15) is 13.2 Å². The quantitative estimate of drug-likeness (QED) is 0.835. The predicted molar refractivity (Wildman–Crippen MR) is 101 cm³/mol. The van der Waals surface area contributed by atoms with Crippen molar-refractivity contribution in [2.45, 2.75) is 18.8 Å². The van der Waals surface area contributed by atoms with Crippen molar-refractivity contribution >= 4 is 16.2 Å². The van der Waals surface area contributed by atoms with Gasteiger partial charge in [-0.15, -0.1) is 0 Å². The second-order valence-electron chi connectivity index (χ2n) is 6.73. The van der Waals surface area contributed by atoms with Crippen molar-refractivity contribution in [1.29, 1.82) is 0 Å². The first kappa shape index (κ1) is 19.4. The van der Waals surface area contributed by atoms with Crippen LogP contribution < -0.4 is 0 Å². The molecule has 3 rings (SSSR count). The van der Waals surface area contributed by atoms with E-state index in [-0.39, 0.29) is 11.5 Å². The number of aromatic nitrogens is 2. The zero-order chi connectivity index (χ0) is 19.6. The number of carboxylic acids is 1. The van der Waals surface area contributed by atoms with Crippen molar-refractivity contribution in [3.05, 3.63) is 48.0 Å². The first-order chi connectivity index (χ1) is 12.8. The molecule has 8 nitrogen and oxygen atoms in total. The van der Waals surface area contributed by atoms with Gasteiger partial charge in [-0.05, 0) is 25.0 Å². The van der Waals surface area contributed by atoms with Gasteiger partial charge in [0.25, 0.3) is 10.2 Å². The maximum Gasteiger partial charge on any atom is 0.337 e. The van der Waals surface area contributed by atoms with Gasteiger partial charge in [0.2, 0.25) is 0 Å². The van der Waals surface area contributed by atoms with Gasteiger partial charge in [-0.1, -0.05) is 6.07 Å². The van der Waals surface area contributed by atoms with Crippen LogP contribution in [0.2, 0.25) is 0 Å². The van der Waals surface area contributed by atoms with Crippen molar-refractivity contribution in [3.63, 3.8) is 0 Å². The Morgan fingerprint density at radius 2 is 2.00 bits per heavy atom. The number of nitrogens with zero attached hydrogens (tertiary/aromatic N) is 4. The minimum absolute atomic E-state index is 0.0333. The van der Waals surface area contributed by atoms with E-state index >= 15 is 0 Å². The molecule has 27 heavy (non-hydrogen) atoms. The van der Waals surface area contributed by atoms with Gasteiger partial charge in [0.15, 0.2) is 0 Å². The summed E-state index contributed by atoms with van der Waals surface area (Å²) in [6.07, 6.45) is 6.23. The SMILES string of the molecule is CN(C)S(=O)(=O)N1CCC[C@@H](c2ccc(-c3cncc(C(=O)O)c3)cn2)C1.